The van der Waals surface area contributed by atoms with E-state index in [1.165, 1.54) is 0 Å². The number of aryl methyl sites for hydroxylation is 1. The Hall–Kier alpha value is -1.59. The van der Waals surface area contributed by atoms with Crippen LogP contribution in [0.15, 0.2) is 29.4 Å². The molecule has 1 aromatic carbocycles. The van der Waals surface area contributed by atoms with Crippen LogP contribution in [0.25, 0.3) is 10.4 Å². The first kappa shape index (κ1) is 15.5. The number of benzene rings is 1. The third kappa shape index (κ3) is 4.89. The lowest BCUT2D eigenvalue weighted by Crippen LogP contribution is -2.20. The van der Waals surface area contributed by atoms with Crippen molar-refractivity contribution in [3.05, 3.63) is 45.8 Å². The molecule has 6 heteroatoms. The Kier molecular flexibility index (Phi) is 6.92. The zero-order chi connectivity index (χ0) is 14.1. The Morgan fingerprint density at radius 1 is 1.26 bits per heavy atom. The van der Waals surface area contributed by atoms with Gasteiger partial charge in [-0.15, -0.1) is 0 Å². The van der Waals surface area contributed by atoms with E-state index >= 15 is 0 Å². The minimum Gasteiger partial charge on any atom is -0.396 e. The van der Waals surface area contributed by atoms with E-state index < -0.39 is 12.2 Å². The molecule has 0 amide bonds. The van der Waals surface area contributed by atoms with Crippen LogP contribution in [0.3, 0.4) is 0 Å². The fraction of sp³-hybridized carbons (Fsp3) is 0.538. The van der Waals surface area contributed by atoms with Crippen LogP contribution in [0.1, 0.15) is 30.1 Å². The van der Waals surface area contributed by atoms with Crippen LogP contribution in [-0.4, -0.2) is 34.6 Å². The molecule has 3 N–H and O–H groups in total. The summed E-state index contributed by atoms with van der Waals surface area (Å²) < 4.78 is 0. The van der Waals surface area contributed by atoms with E-state index in [4.69, 9.17) is 10.6 Å². The quantitative estimate of drug-likeness (QED) is 0.378. The Bertz CT molecular complexity index is 433. The van der Waals surface area contributed by atoms with Gasteiger partial charge < -0.3 is 15.3 Å². The van der Waals surface area contributed by atoms with Gasteiger partial charge in [0.25, 0.3) is 0 Å². The van der Waals surface area contributed by atoms with Crippen molar-refractivity contribution in [2.45, 2.75) is 31.5 Å². The maximum absolute atomic E-state index is 10.1. The van der Waals surface area contributed by atoms with E-state index in [0.29, 0.717) is 18.4 Å². The predicted octanol–water partition coefficient (Wildman–Crippen LogP) is 1.71. The van der Waals surface area contributed by atoms with Gasteiger partial charge in [0.15, 0.2) is 0 Å². The van der Waals surface area contributed by atoms with Crippen molar-refractivity contribution < 1.29 is 15.3 Å². The van der Waals surface area contributed by atoms with Crippen LogP contribution in [0.2, 0.25) is 0 Å². The largest absolute Gasteiger partial charge is 0.396 e. The highest BCUT2D eigenvalue weighted by atomic mass is 16.3. The van der Waals surface area contributed by atoms with E-state index in [-0.39, 0.29) is 19.6 Å². The average Bonchev–Trinajstić information content (AvgIpc) is 2.44. The zero-order valence-electron chi connectivity index (χ0n) is 10.7. The van der Waals surface area contributed by atoms with Gasteiger partial charge in [-0.05, 0) is 35.9 Å². The summed E-state index contributed by atoms with van der Waals surface area (Å²) in [6.07, 6.45) is -0.519. The number of aliphatic hydroxyl groups is 3. The molecule has 1 rings (SSSR count). The van der Waals surface area contributed by atoms with Crippen LogP contribution >= 0.6 is 0 Å². The Morgan fingerprint density at radius 3 is 2.68 bits per heavy atom. The van der Waals surface area contributed by atoms with E-state index in [1.807, 2.05) is 12.1 Å². The summed E-state index contributed by atoms with van der Waals surface area (Å²) in [4.78, 5) is 2.60. The van der Waals surface area contributed by atoms with E-state index in [9.17, 15) is 10.2 Å². The molecule has 0 aliphatic rings. The molecule has 0 saturated carbocycles. The van der Waals surface area contributed by atoms with Gasteiger partial charge in [-0.3, -0.25) is 0 Å². The number of nitrogens with zero attached hydrogens (tertiary/aromatic N) is 3. The summed E-state index contributed by atoms with van der Waals surface area (Å²) in [5.74, 6) is 0. The lowest BCUT2D eigenvalue weighted by atomic mass is 9.95. The first-order chi connectivity index (χ1) is 9.20. The Balaban J connectivity index is 2.73. The van der Waals surface area contributed by atoms with E-state index in [1.54, 1.807) is 12.1 Å². The van der Waals surface area contributed by atoms with Crippen molar-refractivity contribution >= 4 is 0 Å². The van der Waals surface area contributed by atoms with Crippen LogP contribution in [0.5, 0.6) is 0 Å². The number of hydrogen-bond donors (Lipinski definition) is 3. The first-order valence-electron chi connectivity index (χ1n) is 6.26. The minimum absolute atomic E-state index is 0.0872. The number of rotatable bonds is 8. The summed E-state index contributed by atoms with van der Waals surface area (Å²) in [6.45, 7) is 0.234. The van der Waals surface area contributed by atoms with Gasteiger partial charge in [0, 0.05) is 18.1 Å². The van der Waals surface area contributed by atoms with Gasteiger partial charge >= 0.3 is 0 Å². The molecule has 0 aliphatic heterocycles. The predicted molar refractivity (Wildman–Crippen MR) is 71.4 cm³/mol. The SMILES string of the molecule is [N-]=[N+]=NCCC(O)C(O)c1ccccc1CCCO. The van der Waals surface area contributed by atoms with Gasteiger partial charge in [-0.1, -0.05) is 29.4 Å². The van der Waals surface area contributed by atoms with Gasteiger partial charge in [-0.2, -0.15) is 0 Å². The summed E-state index contributed by atoms with van der Waals surface area (Å²) >= 11 is 0. The van der Waals surface area contributed by atoms with Crippen molar-refractivity contribution in [1.82, 2.24) is 0 Å². The standard InChI is InChI=1S/C13H19N3O3/c14-16-15-8-7-12(18)13(19)11-6-2-1-4-10(11)5-3-9-17/h1-2,4,6,12-13,17-19H,3,5,7-9H2. The van der Waals surface area contributed by atoms with Crippen molar-refractivity contribution in [3.63, 3.8) is 0 Å². The monoisotopic (exact) mass is 265 g/mol. The summed E-state index contributed by atoms with van der Waals surface area (Å²) in [5.41, 5.74) is 9.73. The Labute approximate surface area is 112 Å². The third-order valence-corrected chi connectivity index (χ3v) is 2.93. The number of hydrogen-bond acceptors (Lipinski definition) is 4. The first-order valence-corrected chi connectivity index (χ1v) is 6.26. The fourth-order valence-corrected chi connectivity index (χ4v) is 1.92. The molecular weight excluding hydrogens is 246 g/mol. The molecule has 0 radical (unpaired) electrons. The van der Waals surface area contributed by atoms with Crippen LogP contribution in [-0.2, 0) is 6.42 Å². The smallest absolute Gasteiger partial charge is 0.105 e. The summed E-state index contributed by atoms with van der Waals surface area (Å²) in [7, 11) is 0. The number of azide groups is 1. The lowest BCUT2D eigenvalue weighted by Gasteiger charge is -2.20. The topological polar surface area (TPSA) is 109 Å². The van der Waals surface area contributed by atoms with Crippen molar-refractivity contribution in [1.29, 1.82) is 0 Å². The second-order valence-electron chi connectivity index (χ2n) is 4.28. The molecule has 0 bridgehead atoms. The van der Waals surface area contributed by atoms with Gasteiger partial charge in [0.05, 0.1) is 6.10 Å². The molecule has 2 unspecified atom stereocenters. The number of aliphatic hydroxyl groups excluding tert-OH is 3. The molecule has 0 aromatic heterocycles. The normalized spacial score (nSPS) is 13.6. The molecule has 0 heterocycles. The molecule has 19 heavy (non-hydrogen) atoms. The molecule has 0 aliphatic carbocycles. The summed E-state index contributed by atoms with van der Waals surface area (Å²) in [6, 6.07) is 7.28. The Morgan fingerprint density at radius 2 is 2.00 bits per heavy atom. The molecule has 6 nitrogen and oxygen atoms in total. The molecule has 2 atom stereocenters. The van der Waals surface area contributed by atoms with Crippen LogP contribution in [0.4, 0.5) is 0 Å². The van der Waals surface area contributed by atoms with Gasteiger partial charge in [0.2, 0.25) is 0 Å². The molecule has 0 spiro atoms. The van der Waals surface area contributed by atoms with E-state index in [2.05, 4.69) is 10.0 Å². The molecule has 0 saturated heterocycles. The highest BCUT2D eigenvalue weighted by Gasteiger charge is 2.20. The third-order valence-electron chi connectivity index (χ3n) is 2.93. The van der Waals surface area contributed by atoms with Gasteiger partial charge in [-0.25, -0.2) is 0 Å². The van der Waals surface area contributed by atoms with Crippen LogP contribution < -0.4 is 0 Å². The molecule has 1 aromatic rings. The van der Waals surface area contributed by atoms with E-state index in [0.717, 1.165) is 5.56 Å². The zero-order valence-corrected chi connectivity index (χ0v) is 10.7. The van der Waals surface area contributed by atoms with Crippen molar-refractivity contribution in [2.24, 2.45) is 5.11 Å². The second-order valence-corrected chi connectivity index (χ2v) is 4.28. The summed E-state index contributed by atoms with van der Waals surface area (Å²) in [5, 5.41) is 32.2. The van der Waals surface area contributed by atoms with Crippen molar-refractivity contribution in [3.8, 4) is 0 Å². The lowest BCUT2D eigenvalue weighted by molar-refractivity contribution is 0.0145. The molecule has 0 fully saturated rings. The average molecular weight is 265 g/mol. The van der Waals surface area contributed by atoms with Gasteiger partial charge in [0.1, 0.15) is 6.10 Å². The van der Waals surface area contributed by atoms with Crippen molar-refractivity contribution in [2.75, 3.05) is 13.2 Å². The highest BCUT2D eigenvalue weighted by Crippen LogP contribution is 2.23. The minimum atomic E-state index is -1.01. The highest BCUT2D eigenvalue weighted by molar-refractivity contribution is 5.29. The van der Waals surface area contributed by atoms with Crippen LogP contribution in [0, 0.1) is 0 Å². The second kappa shape index (κ2) is 8.50. The maximum atomic E-state index is 10.1. The molecule has 104 valence electrons. The molecular formula is C13H19N3O3. The maximum Gasteiger partial charge on any atom is 0.105 e. The fourth-order valence-electron chi connectivity index (χ4n) is 1.92.